The predicted octanol–water partition coefficient (Wildman–Crippen LogP) is 11.4. The topological polar surface area (TPSA) is 178 Å². The van der Waals surface area contributed by atoms with Gasteiger partial charge >= 0.3 is 0 Å². The highest BCUT2D eigenvalue weighted by Gasteiger charge is 2.18. The molecule has 0 saturated heterocycles. The maximum absolute atomic E-state index is 11.3. The third-order valence-electron chi connectivity index (χ3n) is 12.7. The fraction of sp³-hybridized carbons (Fsp3) is 0.203. The number of rotatable bonds is 16. The maximum Gasteiger partial charge on any atom is 0.272 e. The van der Waals surface area contributed by atoms with Gasteiger partial charge in [-0.1, -0.05) is 121 Å². The zero-order valence-corrected chi connectivity index (χ0v) is 41.6. The standard InChI is InChI=1S/C23H22N2O.C19H19N3O3.C17H18N2OS/c1-16(26)24-14-13-21-20-11-4-5-12-22(20)25-23(21)15-18-9-6-8-17-7-2-3-10-19(17)18;1-13(23)20-11-10-16-15-7-3-4-8-17(15)21-18(16)12-14-6-2-5-9-19(14)22(24)25;1-12(20)18-9-8-15-14-6-2-3-7-16(14)19-17(15)11-13-5-4-10-21-13/h2-12,25H,13-15H2,1H3,(H,24,26);2-9,21H,10-12H2,1H3,(H,20,23);2-7,10,19H,8-9,11H2,1H3,(H,18,20). The lowest BCUT2D eigenvalue weighted by Crippen LogP contribution is -2.22. The van der Waals surface area contributed by atoms with Crippen molar-refractivity contribution < 1.29 is 19.3 Å². The van der Waals surface area contributed by atoms with Crippen LogP contribution in [0.25, 0.3) is 43.5 Å². The molecule has 0 unspecified atom stereocenters. The average molecular weight is 978 g/mol. The Bertz CT molecular complexity index is 3470. The number of nitrogens with zero attached hydrogens (tertiary/aromatic N) is 1. The van der Waals surface area contributed by atoms with Crippen molar-refractivity contribution in [3.63, 3.8) is 0 Å². The number of hydrogen-bond acceptors (Lipinski definition) is 6. The smallest absolute Gasteiger partial charge is 0.272 e. The van der Waals surface area contributed by atoms with Gasteiger partial charge in [0.25, 0.3) is 5.69 Å². The van der Waals surface area contributed by atoms with Gasteiger partial charge in [-0.3, -0.25) is 24.5 Å². The van der Waals surface area contributed by atoms with Gasteiger partial charge < -0.3 is 30.9 Å². The number of aromatic nitrogens is 3. The number of fused-ring (bicyclic) bond motifs is 4. The highest BCUT2D eigenvalue weighted by atomic mass is 32.1. The van der Waals surface area contributed by atoms with E-state index in [0.29, 0.717) is 38.0 Å². The lowest BCUT2D eigenvalue weighted by molar-refractivity contribution is -0.385. The van der Waals surface area contributed by atoms with Crippen LogP contribution < -0.4 is 16.0 Å². The summed E-state index contributed by atoms with van der Waals surface area (Å²) in [4.78, 5) is 56.2. The van der Waals surface area contributed by atoms with E-state index in [1.54, 1.807) is 37.3 Å². The van der Waals surface area contributed by atoms with Crippen molar-refractivity contribution in [3.8, 4) is 0 Å². The summed E-state index contributed by atoms with van der Waals surface area (Å²) in [6.45, 7) is 6.47. The Morgan fingerprint density at radius 3 is 1.35 bits per heavy atom. The lowest BCUT2D eigenvalue weighted by atomic mass is 9.98. The molecule has 4 aromatic heterocycles. The van der Waals surface area contributed by atoms with E-state index in [-0.39, 0.29) is 28.3 Å². The van der Waals surface area contributed by atoms with Gasteiger partial charge in [0.2, 0.25) is 17.7 Å². The molecule has 10 aromatic rings. The molecule has 0 spiro atoms. The zero-order valence-electron chi connectivity index (χ0n) is 40.8. The third kappa shape index (κ3) is 12.7. The van der Waals surface area contributed by atoms with Crippen molar-refractivity contribution >= 4 is 78.2 Å². The zero-order chi connectivity index (χ0) is 50.4. The normalized spacial score (nSPS) is 10.9. The van der Waals surface area contributed by atoms with Gasteiger partial charge in [0.05, 0.1) is 4.92 Å². The average Bonchev–Trinajstić information content (AvgIpc) is 4.17. The second-order valence-electron chi connectivity index (χ2n) is 17.7. The second-order valence-corrected chi connectivity index (χ2v) is 18.7. The molecule has 0 aliphatic rings. The number of nitro groups is 1. The van der Waals surface area contributed by atoms with E-state index in [1.807, 2.05) is 36.4 Å². The summed E-state index contributed by atoms with van der Waals surface area (Å²) < 4.78 is 0. The number of benzene rings is 6. The first-order chi connectivity index (χ1) is 35.0. The summed E-state index contributed by atoms with van der Waals surface area (Å²) in [7, 11) is 0. The van der Waals surface area contributed by atoms with Gasteiger partial charge in [-0.2, -0.15) is 0 Å². The van der Waals surface area contributed by atoms with Crippen LogP contribution in [0.3, 0.4) is 0 Å². The van der Waals surface area contributed by atoms with Crippen molar-refractivity contribution in [2.75, 3.05) is 19.6 Å². The first-order valence-electron chi connectivity index (χ1n) is 24.2. The molecule has 0 atom stereocenters. The molecular weight excluding hydrogens is 919 g/mol. The van der Waals surface area contributed by atoms with Gasteiger partial charge in [0.1, 0.15) is 0 Å². The molecule has 0 aliphatic carbocycles. The predicted molar refractivity (Wildman–Crippen MR) is 292 cm³/mol. The van der Waals surface area contributed by atoms with E-state index in [1.165, 1.54) is 73.0 Å². The first kappa shape index (κ1) is 50.1. The van der Waals surface area contributed by atoms with Gasteiger partial charge in [0.15, 0.2) is 0 Å². The number of thiophene rings is 1. The third-order valence-corrected chi connectivity index (χ3v) is 13.6. The van der Waals surface area contributed by atoms with Crippen molar-refractivity contribution in [1.82, 2.24) is 30.9 Å². The van der Waals surface area contributed by atoms with Crippen molar-refractivity contribution in [2.24, 2.45) is 0 Å². The van der Waals surface area contributed by atoms with Crippen molar-refractivity contribution in [3.05, 3.63) is 217 Å². The van der Waals surface area contributed by atoms with Crippen LogP contribution in [0, 0.1) is 10.1 Å². The summed E-state index contributed by atoms with van der Waals surface area (Å²) in [5, 5.41) is 28.1. The Morgan fingerprint density at radius 2 is 0.875 bits per heavy atom. The minimum atomic E-state index is -0.352. The Labute approximate surface area is 422 Å². The van der Waals surface area contributed by atoms with E-state index >= 15 is 0 Å². The van der Waals surface area contributed by atoms with Crippen LogP contribution in [0.2, 0.25) is 0 Å². The summed E-state index contributed by atoms with van der Waals surface area (Å²) in [6, 6.07) is 50.7. The van der Waals surface area contributed by atoms with Crippen LogP contribution in [0.1, 0.15) is 70.5 Å². The Kier molecular flexibility index (Phi) is 16.7. The van der Waals surface area contributed by atoms with E-state index < -0.39 is 0 Å². The van der Waals surface area contributed by atoms with Crippen LogP contribution in [-0.4, -0.2) is 57.2 Å². The Morgan fingerprint density at radius 1 is 0.472 bits per heavy atom. The van der Waals surface area contributed by atoms with Crippen LogP contribution in [0.4, 0.5) is 5.69 Å². The first-order valence-corrected chi connectivity index (χ1v) is 25.1. The maximum atomic E-state index is 11.3. The molecule has 10 rings (SSSR count). The molecule has 6 N–H and O–H groups in total. The molecule has 13 heteroatoms. The molecule has 6 aromatic carbocycles. The fourth-order valence-corrected chi connectivity index (χ4v) is 10.1. The van der Waals surface area contributed by atoms with E-state index in [9.17, 15) is 24.5 Å². The van der Waals surface area contributed by atoms with E-state index in [4.69, 9.17) is 0 Å². The number of hydrogen-bond donors (Lipinski definition) is 6. The van der Waals surface area contributed by atoms with Crippen molar-refractivity contribution in [2.45, 2.75) is 59.3 Å². The van der Waals surface area contributed by atoms with Gasteiger partial charge in [-0.25, -0.2) is 0 Å². The molecule has 72 heavy (non-hydrogen) atoms. The van der Waals surface area contributed by atoms with Crippen LogP contribution in [0.5, 0.6) is 0 Å². The molecule has 0 radical (unpaired) electrons. The van der Waals surface area contributed by atoms with Crippen molar-refractivity contribution in [1.29, 1.82) is 0 Å². The molecule has 0 bridgehead atoms. The summed E-state index contributed by atoms with van der Waals surface area (Å²) in [5.74, 6) is -0.0322. The lowest BCUT2D eigenvalue weighted by Gasteiger charge is -2.09. The minimum absolute atomic E-state index is 0.0143. The molecule has 0 fully saturated rings. The second kappa shape index (κ2) is 24.0. The number of para-hydroxylation sites is 4. The number of carbonyl (C=O) groups is 3. The van der Waals surface area contributed by atoms with Gasteiger partial charge in [-0.15, -0.1) is 11.3 Å². The number of nitro benzene ring substituents is 1. The molecule has 366 valence electrons. The summed E-state index contributed by atoms with van der Waals surface area (Å²) in [5.41, 5.74) is 12.5. The minimum Gasteiger partial charge on any atom is -0.358 e. The number of carbonyl (C=O) groups excluding carboxylic acids is 3. The highest BCUT2D eigenvalue weighted by Crippen LogP contribution is 2.30. The van der Waals surface area contributed by atoms with Gasteiger partial charge in [-0.05, 0) is 81.9 Å². The van der Waals surface area contributed by atoms with Crippen LogP contribution in [-0.2, 0) is 52.9 Å². The molecule has 0 aliphatic heterocycles. The summed E-state index contributed by atoms with van der Waals surface area (Å²) in [6.07, 6.45) is 4.56. The number of aromatic amines is 3. The Hall–Kier alpha value is -8.29. The molecule has 12 nitrogen and oxygen atoms in total. The number of nitrogens with one attached hydrogen (secondary N) is 6. The van der Waals surface area contributed by atoms with Crippen LogP contribution in [0.15, 0.2) is 157 Å². The number of amides is 3. The largest absolute Gasteiger partial charge is 0.358 e. The van der Waals surface area contributed by atoms with E-state index in [0.717, 1.165) is 53.4 Å². The van der Waals surface area contributed by atoms with E-state index in [2.05, 4.69) is 133 Å². The Balaban J connectivity index is 0.000000145. The highest BCUT2D eigenvalue weighted by molar-refractivity contribution is 7.09. The van der Waals surface area contributed by atoms with Gasteiger partial charge in [0, 0.05) is 126 Å². The fourth-order valence-electron chi connectivity index (χ4n) is 9.42. The molecular formula is C59H59N7O5S. The summed E-state index contributed by atoms with van der Waals surface area (Å²) >= 11 is 1.78. The van der Waals surface area contributed by atoms with Crippen LogP contribution >= 0.6 is 11.3 Å². The molecule has 0 saturated carbocycles. The molecule has 4 heterocycles. The SMILES string of the molecule is CC(=O)NCCc1c(Cc2cccc3ccccc23)[nH]c2ccccc12.CC(=O)NCCc1c(Cc2ccccc2[N+](=O)[O-])[nH]c2ccccc12.CC(=O)NCCc1c(Cc2cccs2)[nH]c2ccccc12. The monoisotopic (exact) mass is 977 g/mol. The number of H-pyrrole nitrogens is 3. The quantitative estimate of drug-likeness (QED) is 0.0416. The molecule has 3 amide bonds.